The lowest BCUT2D eigenvalue weighted by atomic mass is 10.1. The van der Waals surface area contributed by atoms with E-state index in [0.717, 1.165) is 46.6 Å². The Morgan fingerprint density at radius 1 is 1.21 bits per heavy atom. The summed E-state index contributed by atoms with van der Waals surface area (Å²) in [7, 11) is -0.541. The Kier molecular flexibility index (Phi) is 4.36. The van der Waals surface area contributed by atoms with Crippen LogP contribution in [0.15, 0.2) is 27.5 Å². The molecule has 3 aromatic heterocycles. The van der Waals surface area contributed by atoms with Crippen LogP contribution in [0, 0.1) is 6.92 Å². The summed E-state index contributed by atoms with van der Waals surface area (Å²) in [5.41, 5.74) is 4.58. The zero-order valence-electron chi connectivity index (χ0n) is 16.5. The summed E-state index contributed by atoms with van der Waals surface area (Å²) in [5, 5.41) is 3.26. The SMILES string of the molecule is Cc1cc2nsnc2cc1Nc1ncc2oc(=O)n(C3CCS(C)(C)CC3)c2n1. The summed E-state index contributed by atoms with van der Waals surface area (Å²) in [6.07, 6.45) is 8.26. The van der Waals surface area contributed by atoms with Gasteiger partial charge in [0, 0.05) is 11.7 Å². The molecular weight excluding hydrogens is 408 g/mol. The number of hydrogen-bond acceptors (Lipinski definition) is 8. The number of rotatable bonds is 3. The van der Waals surface area contributed by atoms with Crippen LogP contribution in [0.1, 0.15) is 24.4 Å². The highest BCUT2D eigenvalue weighted by Gasteiger charge is 2.28. The monoisotopic (exact) mass is 430 g/mol. The van der Waals surface area contributed by atoms with Gasteiger partial charge >= 0.3 is 5.76 Å². The molecule has 0 saturated carbocycles. The second kappa shape index (κ2) is 6.81. The largest absolute Gasteiger partial charge is 0.421 e. The van der Waals surface area contributed by atoms with Gasteiger partial charge in [0.2, 0.25) is 5.95 Å². The van der Waals surface area contributed by atoms with E-state index in [1.54, 1.807) is 10.8 Å². The van der Waals surface area contributed by atoms with Crippen LogP contribution in [0.4, 0.5) is 11.6 Å². The lowest BCUT2D eigenvalue weighted by molar-refractivity contribution is 0.416. The molecule has 1 aliphatic heterocycles. The molecule has 1 aromatic carbocycles. The van der Waals surface area contributed by atoms with E-state index in [9.17, 15) is 4.79 Å². The molecule has 0 aliphatic carbocycles. The Morgan fingerprint density at radius 3 is 2.69 bits per heavy atom. The molecule has 10 heteroatoms. The van der Waals surface area contributed by atoms with Gasteiger partial charge in [-0.3, -0.25) is 4.57 Å². The first-order valence-electron chi connectivity index (χ1n) is 9.46. The molecule has 0 spiro atoms. The van der Waals surface area contributed by atoms with Crippen LogP contribution in [0.5, 0.6) is 0 Å². The van der Waals surface area contributed by atoms with Crippen molar-refractivity contribution in [2.45, 2.75) is 25.8 Å². The first-order chi connectivity index (χ1) is 13.9. The average Bonchev–Trinajstić information content (AvgIpc) is 3.25. The second-order valence-corrected chi connectivity index (χ2v) is 13.0. The number of nitrogens with one attached hydrogen (secondary N) is 1. The van der Waals surface area contributed by atoms with Gasteiger partial charge in [-0.2, -0.15) is 13.7 Å². The summed E-state index contributed by atoms with van der Waals surface area (Å²) < 4.78 is 15.7. The van der Waals surface area contributed by atoms with Gasteiger partial charge in [-0.25, -0.2) is 19.8 Å². The van der Waals surface area contributed by atoms with E-state index in [0.29, 0.717) is 17.2 Å². The van der Waals surface area contributed by atoms with Gasteiger partial charge in [-0.1, -0.05) is 0 Å². The van der Waals surface area contributed by atoms with Gasteiger partial charge in [0.25, 0.3) is 0 Å². The molecular formula is C19H22N6O2S2. The number of oxazole rings is 1. The van der Waals surface area contributed by atoms with E-state index in [4.69, 9.17) is 4.42 Å². The predicted molar refractivity (Wildman–Crippen MR) is 119 cm³/mol. The van der Waals surface area contributed by atoms with Crippen LogP contribution in [0.25, 0.3) is 22.3 Å². The summed E-state index contributed by atoms with van der Waals surface area (Å²) in [4.78, 5) is 21.5. The molecule has 29 heavy (non-hydrogen) atoms. The number of fused-ring (bicyclic) bond motifs is 2. The third-order valence-electron chi connectivity index (χ3n) is 5.58. The zero-order chi connectivity index (χ0) is 20.2. The molecule has 5 rings (SSSR count). The third-order valence-corrected chi connectivity index (χ3v) is 8.82. The van der Waals surface area contributed by atoms with Crippen LogP contribution >= 0.6 is 21.8 Å². The van der Waals surface area contributed by atoms with Crippen LogP contribution in [-0.4, -0.2) is 47.3 Å². The quantitative estimate of drug-likeness (QED) is 0.527. The van der Waals surface area contributed by atoms with Crippen molar-refractivity contribution in [2.24, 2.45) is 0 Å². The fourth-order valence-corrected chi connectivity index (χ4v) is 6.36. The highest BCUT2D eigenvalue weighted by atomic mass is 32.3. The highest BCUT2D eigenvalue weighted by Crippen LogP contribution is 2.47. The smallest absolute Gasteiger partial charge is 0.404 e. The van der Waals surface area contributed by atoms with Crippen LogP contribution in [0.2, 0.25) is 0 Å². The van der Waals surface area contributed by atoms with E-state index < -0.39 is 10.0 Å². The number of aromatic nitrogens is 5. The fraction of sp³-hybridized carbons (Fsp3) is 0.421. The Balaban J connectivity index is 1.51. The van der Waals surface area contributed by atoms with Crippen molar-refractivity contribution in [3.8, 4) is 0 Å². The number of nitrogens with zero attached hydrogens (tertiary/aromatic N) is 5. The number of hydrogen-bond donors (Lipinski definition) is 1. The van der Waals surface area contributed by atoms with Crippen molar-refractivity contribution >= 4 is 55.7 Å². The normalized spacial score (nSPS) is 18.3. The molecule has 8 nitrogen and oxygen atoms in total. The first-order valence-corrected chi connectivity index (χ1v) is 13.0. The van der Waals surface area contributed by atoms with Crippen molar-refractivity contribution in [3.63, 3.8) is 0 Å². The highest BCUT2D eigenvalue weighted by molar-refractivity contribution is 8.32. The summed E-state index contributed by atoms with van der Waals surface area (Å²) in [6, 6.07) is 4.06. The van der Waals surface area contributed by atoms with Crippen molar-refractivity contribution in [2.75, 3.05) is 29.3 Å². The van der Waals surface area contributed by atoms with Crippen LogP contribution < -0.4 is 11.1 Å². The molecule has 4 heterocycles. The zero-order valence-corrected chi connectivity index (χ0v) is 18.1. The minimum absolute atomic E-state index is 0.131. The average molecular weight is 431 g/mol. The molecule has 0 amide bonds. The molecule has 1 saturated heterocycles. The number of anilines is 2. The molecule has 1 fully saturated rings. The van der Waals surface area contributed by atoms with E-state index in [2.05, 4.69) is 36.5 Å². The molecule has 1 aliphatic rings. The summed E-state index contributed by atoms with van der Waals surface area (Å²) >= 11 is 1.19. The van der Waals surface area contributed by atoms with E-state index in [-0.39, 0.29) is 11.8 Å². The van der Waals surface area contributed by atoms with E-state index in [1.165, 1.54) is 11.7 Å². The minimum atomic E-state index is -0.541. The molecule has 152 valence electrons. The Labute approximate surface area is 173 Å². The van der Waals surface area contributed by atoms with Crippen molar-refractivity contribution in [1.29, 1.82) is 0 Å². The van der Waals surface area contributed by atoms with Gasteiger partial charge in [-0.05, 0) is 61.5 Å². The lowest BCUT2D eigenvalue weighted by Gasteiger charge is -2.38. The molecule has 0 radical (unpaired) electrons. The van der Waals surface area contributed by atoms with Crippen molar-refractivity contribution in [1.82, 2.24) is 23.3 Å². The Morgan fingerprint density at radius 2 is 1.93 bits per heavy atom. The third kappa shape index (κ3) is 3.40. The lowest BCUT2D eigenvalue weighted by Crippen LogP contribution is -2.28. The van der Waals surface area contributed by atoms with Gasteiger partial charge < -0.3 is 9.73 Å². The molecule has 4 aromatic rings. The summed E-state index contributed by atoms with van der Waals surface area (Å²) in [6.45, 7) is 2.00. The number of benzene rings is 1. The van der Waals surface area contributed by atoms with Crippen LogP contribution in [0.3, 0.4) is 0 Å². The van der Waals surface area contributed by atoms with Gasteiger partial charge in [0.15, 0.2) is 11.2 Å². The van der Waals surface area contributed by atoms with Crippen molar-refractivity contribution in [3.05, 3.63) is 34.4 Å². The fourth-order valence-electron chi connectivity index (χ4n) is 3.82. The van der Waals surface area contributed by atoms with Gasteiger partial charge in [-0.15, -0.1) is 0 Å². The molecule has 0 bridgehead atoms. The van der Waals surface area contributed by atoms with Crippen LogP contribution in [-0.2, 0) is 0 Å². The van der Waals surface area contributed by atoms with Gasteiger partial charge in [0.1, 0.15) is 11.0 Å². The second-order valence-electron chi connectivity index (χ2n) is 8.07. The number of aryl methyl sites for hydroxylation is 1. The molecule has 0 unspecified atom stereocenters. The minimum Gasteiger partial charge on any atom is -0.404 e. The van der Waals surface area contributed by atoms with Gasteiger partial charge in [0.05, 0.1) is 17.9 Å². The first kappa shape index (κ1) is 18.6. The van der Waals surface area contributed by atoms with Crippen molar-refractivity contribution < 1.29 is 4.42 Å². The topological polar surface area (TPSA) is 98.7 Å². The maximum absolute atomic E-state index is 12.5. The van der Waals surface area contributed by atoms with E-state index >= 15 is 0 Å². The standard InChI is InChI=1S/C19H22N6O2S2/c1-11-8-14-15(24-28-23-14)9-13(11)21-18-20-10-16-17(22-18)25(19(26)27-16)12-4-6-29(2,3)7-5-12/h8-10,12H,4-7H2,1-3H3,(H,20,21,22). The predicted octanol–water partition coefficient (Wildman–Crippen LogP) is 3.84. The maximum Gasteiger partial charge on any atom is 0.421 e. The molecule has 1 N–H and O–H groups in total. The van der Waals surface area contributed by atoms with E-state index in [1.807, 2.05) is 19.1 Å². The Bertz CT molecular complexity index is 1260. The Hall–Kier alpha value is -2.46. The maximum atomic E-state index is 12.5. The summed E-state index contributed by atoms with van der Waals surface area (Å²) in [5.74, 6) is 2.40. The molecule has 0 atom stereocenters.